The van der Waals surface area contributed by atoms with E-state index in [1.807, 2.05) is 6.07 Å². The van der Waals surface area contributed by atoms with Gasteiger partial charge in [-0.2, -0.15) is 11.3 Å². The van der Waals surface area contributed by atoms with Crippen molar-refractivity contribution in [3.63, 3.8) is 0 Å². The van der Waals surface area contributed by atoms with Crippen molar-refractivity contribution >= 4 is 27.3 Å². The Labute approximate surface area is 125 Å². The third-order valence-corrected chi connectivity index (χ3v) is 5.29. The number of rotatable bonds is 4. The lowest BCUT2D eigenvalue weighted by molar-refractivity contribution is 0.301. The summed E-state index contributed by atoms with van der Waals surface area (Å²) in [6.07, 6.45) is 0. The molecular formula is C15H16BrNOS. The average Bonchev–Trinajstić information content (AvgIpc) is 3.03. The Morgan fingerprint density at radius 1 is 1.42 bits per heavy atom. The topological polar surface area (TPSA) is 21.3 Å². The lowest BCUT2D eigenvalue weighted by atomic mass is 9.90. The molecule has 0 radical (unpaired) electrons. The van der Waals surface area contributed by atoms with E-state index in [0.29, 0.717) is 12.0 Å². The van der Waals surface area contributed by atoms with Gasteiger partial charge in [-0.25, -0.2) is 0 Å². The van der Waals surface area contributed by atoms with E-state index in [1.165, 1.54) is 15.6 Å². The Morgan fingerprint density at radius 2 is 2.26 bits per heavy atom. The summed E-state index contributed by atoms with van der Waals surface area (Å²) in [6.45, 7) is 3.85. The van der Waals surface area contributed by atoms with Crippen molar-refractivity contribution in [2.75, 3.05) is 13.2 Å². The number of halogens is 1. The summed E-state index contributed by atoms with van der Waals surface area (Å²) >= 11 is 5.39. The van der Waals surface area contributed by atoms with Crippen LogP contribution < -0.4 is 10.1 Å². The molecule has 1 aromatic heterocycles. The van der Waals surface area contributed by atoms with E-state index in [4.69, 9.17) is 4.74 Å². The van der Waals surface area contributed by atoms with Gasteiger partial charge in [0, 0.05) is 27.4 Å². The molecule has 4 heteroatoms. The number of benzene rings is 1. The fourth-order valence-corrected chi connectivity index (χ4v) is 4.25. The number of fused-ring (bicyclic) bond motifs is 1. The largest absolute Gasteiger partial charge is 0.493 e. The van der Waals surface area contributed by atoms with Gasteiger partial charge in [0.25, 0.3) is 0 Å². The van der Waals surface area contributed by atoms with Crippen molar-refractivity contribution in [1.82, 2.24) is 5.32 Å². The quantitative estimate of drug-likeness (QED) is 0.896. The third-order valence-electron chi connectivity index (χ3n) is 3.54. The van der Waals surface area contributed by atoms with Gasteiger partial charge in [-0.15, -0.1) is 0 Å². The van der Waals surface area contributed by atoms with Crippen LogP contribution in [0, 0.1) is 0 Å². The van der Waals surface area contributed by atoms with Gasteiger partial charge in [0.05, 0.1) is 6.61 Å². The highest BCUT2D eigenvalue weighted by Crippen LogP contribution is 2.43. The molecule has 0 amide bonds. The van der Waals surface area contributed by atoms with Crippen LogP contribution >= 0.6 is 27.3 Å². The SMILES string of the molecule is CCNC(c1cscc1Br)C1COc2ccccc21. The molecule has 1 aliphatic heterocycles. The lowest BCUT2D eigenvalue weighted by Crippen LogP contribution is -2.27. The van der Waals surface area contributed by atoms with Crippen LogP contribution in [0.15, 0.2) is 39.5 Å². The monoisotopic (exact) mass is 337 g/mol. The molecule has 2 atom stereocenters. The second-order valence-corrected chi connectivity index (χ2v) is 6.26. The first-order valence-electron chi connectivity index (χ1n) is 6.48. The first-order chi connectivity index (χ1) is 9.31. The number of hydrogen-bond acceptors (Lipinski definition) is 3. The van der Waals surface area contributed by atoms with E-state index >= 15 is 0 Å². The molecule has 1 N–H and O–H groups in total. The van der Waals surface area contributed by atoms with Crippen LogP contribution in [0.1, 0.15) is 30.0 Å². The number of ether oxygens (including phenoxy) is 1. The molecule has 2 heterocycles. The molecule has 0 spiro atoms. The van der Waals surface area contributed by atoms with Gasteiger partial charge in [-0.3, -0.25) is 0 Å². The normalized spacial score (nSPS) is 18.9. The zero-order chi connectivity index (χ0) is 13.2. The molecule has 2 nitrogen and oxygen atoms in total. The van der Waals surface area contributed by atoms with Crippen LogP contribution in [0.2, 0.25) is 0 Å². The predicted octanol–water partition coefficient (Wildman–Crippen LogP) is 4.34. The minimum atomic E-state index is 0.300. The zero-order valence-corrected chi connectivity index (χ0v) is 13.1. The summed E-state index contributed by atoms with van der Waals surface area (Å²) < 4.78 is 7.01. The summed E-state index contributed by atoms with van der Waals surface area (Å²) in [4.78, 5) is 0. The van der Waals surface area contributed by atoms with Crippen molar-refractivity contribution in [1.29, 1.82) is 0 Å². The maximum atomic E-state index is 5.82. The molecule has 100 valence electrons. The average molecular weight is 338 g/mol. The second kappa shape index (κ2) is 5.65. The maximum Gasteiger partial charge on any atom is 0.122 e. The second-order valence-electron chi connectivity index (χ2n) is 4.67. The van der Waals surface area contributed by atoms with E-state index in [1.54, 1.807) is 11.3 Å². The summed E-state index contributed by atoms with van der Waals surface area (Å²) in [6, 6.07) is 8.66. The van der Waals surface area contributed by atoms with Gasteiger partial charge in [-0.05, 0) is 39.5 Å². The number of thiophene rings is 1. The molecule has 0 bridgehead atoms. The molecule has 19 heavy (non-hydrogen) atoms. The van der Waals surface area contributed by atoms with Gasteiger partial charge in [0.15, 0.2) is 0 Å². The Bertz CT molecular complexity index is 569. The van der Waals surface area contributed by atoms with E-state index in [9.17, 15) is 0 Å². The summed E-state index contributed by atoms with van der Waals surface area (Å²) in [5.41, 5.74) is 2.64. The minimum Gasteiger partial charge on any atom is -0.493 e. The van der Waals surface area contributed by atoms with Crippen LogP contribution in [-0.4, -0.2) is 13.2 Å². The molecule has 2 aromatic rings. The molecule has 1 aliphatic rings. The smallest absolute Gasteiger partial charge is 0.122 e. The highest BCUT2D eigenvalue weighted by atomic mass is 79.9. The van der Waals surface area contributed by atoms with E-state index in [2.05, 4.69) is 57.1 Å². The molecule has 3 rings (SSSR count). The molecule has 2 unspecified atom stereocenters. The number of likely N-dealkylation sites (N-methyl/N-ethyl adjacent to an activating group) is 1. The van der Waals surface area contributed by atoms with Gasteiger partial charge >= 0.3 is 0 Å². The first kappa shape index (κ1) is 13.2. The molecule has 0 saturated heterocycles. The maximum absolute atomic E-state index is 5.82. The minimum absolute atomic E-state index is 0.300. The van der Waals surface area contributed by atoms with Crippen LogP contribution in [0.4, 0.5) is 0 Å². The van der Waals surface area contributed by atoms with Crippen LogP contribution in [0.5, 0.6) is 5.75 Å². The number of nitrogens with one attached hydrogen (secondary N) is 1. The van der Waals surface area contributed by atoms with Gasteiger partial charge in [-0.1, -0.05) is 25.1 Å². The zero-order valence-electron chi connectivity index (χ0n) is 10.7. The summed E-state index contributed by atoms with van der Waals surface area (Å²) in [5.74, 6) is 1.41. The number of para-hydroxylation sites is 1. The van der Waals surface area contributed by atoms with Gasteiger partial charge in [0.1, 0.15) is 5.75 Å². The molecule has 0 fully saturated rings. The van der Waals surface area contributed by atoms with E-state index < -0.39 is 0 Å². The highest BCUT2D eigenvalue weighted by molar-refractivity contribution is 9.10. The summed E-state index contributed by atoms with van der Waals surface area (Å²) in [7, 11) is 0. The van der Waals surface area contributed by atoms with Crippen LogP contribution in [-0.2, 0) is 0 Å². The molecule has 1 aromatic carbocycles. The van der Waals surface area contributed by atoms with Gasteiger partial charge in [0.2, 0.25) is 0 Å². The Kier molecular flexibility index (Phi) is 3.91. The van der Waals surface area contributed by atoms with Crippen molar-refractivity contribution in [3.8, 4) is 5.75 Å². The lowest BCUT2D eigenvalue weighted by Gasteiger charge is -2.23. The predicted molar refractivity (Wildman–Crippen MR) is 83.1 cm³/mol. The summed E-state index contributed by atoms with van der Waals surface area (Å²) in [5, 5.41) is 7.97. The van der Waals surface area contributed by atoms with E-state index in [-0.39, 0.29) is 0 Å². The molecular weight excluding hydrogens is 322 g/mol. The van der Waals surface area contributed by atoms with Crippen molar-refractivity contribution in [2.24, 2.45) is 0 Å². The van der Waals surface area contributed by atoms with Gasteiger partial charge < -0.3 is 10.1 Å². The fourth-order valence-electron chi connectivity index (χ4n) is 2.67. The Balaban J connectivity index is 1.96. The Morgan fingerprint density at radius 3 is 3.00 bits per heavy atom. The van der Waals surface area contributed by atoms with Crippen molar-refractivity contribution in [2.45, 2.75) is 18.9 Å². The van der Waals surface area contributed by atoms with Crippen LogP contribution in [0.3, 0.4) is 0 Å². The van der Waals surface area contributed by atoms with Crippen molar-refractivity contribution in [3.05, 3.63) is 50.6 Å². The molecule has 0 aliphatic carbocycles. The van der Waals surface area contributed by atoms with Crippen molar-refractivity contribution < 1.29 is 4.74 Å². The highest BCUT2D eigenvalue weighted by Gasteiger charge is 2.32. The standard InChI is InChI=1S/C15H16BrNOS/c1-2-17-15(12-8-19-9-13(12)16)11-7-18-14-6-4-3-5-10(11)14/h3-6,8-9,11,15,17H,2,7H2,1H3. The first-order valence-corrected chi connectivity index (χ1v) is 8.21. The number of hydrogen-bond donors (Lipinski definition) is 1. The van der Waals surface area contributed by atoms with Crippen LogP contribution in [0.25, 0.3) is 0 Å². The Hall–Kier alpha value is -0.840. The third kappa shape index (κ3) is 2.45. The van der Waals surface area contributed by atoms with E-state index in [0.717, 1.165) is 18.9 Å². The fraction of sp³-hybridized carbons (Fsp3) is 0.333. The molecule has 0 saturated carbocycles.